The number of anilines is 2. The quantitative estimate of drug-likeness (QED) is 0.598. The number of hydrogen-bond donors (Lipinski definition) is 1. The third-order valence-electron chi connectivity index (χ3n) is 7.87. The molecule has 8 nitrogen and oxygen atoms in total. The molecule has 5 rings (SSSR count). The van der Waals surface area contributed by atoms with Crippen LogP contribution in [-0.2, 0) is 5.41 Å². The van der Waals surface area contributed by atoms with E-state index in [0.717, 1.165) is 31.9 Å². The molecule has 3 aliphatic rings. The van der Waals surface area contributed by atoms with Crippen molar-refractivity contribution in [1.29, 1.82) is 0 Å². The van der Waals surface area contributed by atoms with Crippen LogP contribution in [0.15, 0.2) is 22.7 Å². The Balaban J connectivity index is 1.22. The highest BCUT2D eigenvalue weighted by atomic mass is 35.5. The number of piperidine rings is 1. The molecule has 3 fully saturated rings. The van der Waals surface area contributed by atoms with Crippen LogP contribution >= 0.6 is 11.6 Å². The van der Waals surface area contributed by atoms with E-state index >= 15 is 0 Å². The van der Waals surface area contributed by atoms with E-state index in [2.05, 4.69) is 39.1 Å². The molecule has 1 aliphatic carbocycles. The first-order valence-corrected chi connectivity index (χ1v) is 13.0. The summed E-state index contributed by atoms with van der Waals surface area (Å²) in [6.07, 6.45) is 0.969. The topological polar surface area (TPSA) is 77.7 Å². The number of aromatic nitrogens is 2. The number of carbonyl (C=O) groups excluding carboxylic acids is 1. The Morgan fingerprint density at radius 2 is 1.83 bits per heavy atom. The summed E-state index contributed by atoms with van der Waals surface area (Å²) in [6.45, 7) is 11.0. The van der Waals surface area contributed by atoms with Crippen molar-refractivity contribution in [3.63, 3.8) is 0 Å². The molecule has 1 saturated carbocycles. The number of para-hydroxylation sites is 1. The second-order valence-electron chi connectivity index (χ2n) is 10.7. The number of alkyl halides is 2. The minimum atomic E-state index is -2.74. The van der Waals surface area contributed by atoms with Gasteiger partial charge >= 0.3 is 6.03 Å². The van der Waals surface area contributed by atoms with Crippen LogP contribution in [0.1, 0.15) is 57.7 Å². The van der Waals surface area contributed by atoms with Crippen molar-refractivity contribution >= 4 is 29.0 Å². The second-order valence-corrected chi connectivity index (χ2v) is 11.1. The van der Waals surface area contributed by atoms with Crippen LogP contribution in [-0.4, -0.2) is 77.2 Å². The summed E-state index contributed by atoms with van der Waals surface area (Å²) in [5, 5.41) is 7.56. The normalized spacial score (nSPS) is 23.7. The van der Waals surface area contributed by atoms with E-state index in [0.29, 0.717) is 48.5 Å². The first kappa shape index (κ1) is 25.2. The van der Waals surface area contributed by atoms with Gasteiger partial charge in [0.2, 0.25) is 5.89 Å². The minimum absolute atomic E-state index is 0.0110. The molecule has 1 aromatic carbocycles. The SMILES string of the molecule is CC(C)N1CCN(c2cccc(Cl)c2NC(=O)N2CCC(C)(c3noc(C4CC4(F)F)n3)CC2)CC1. The molecule has 3 heterocycles. The molecule has 2 saturated heterocycles. The Labute approximate surface area is 214 Å². The van der Waals surface area contributed by atoms with Gasteiger partial charge in [0, 0.05) is 57.1 Å². The zero-order valence-corrected chi connectivity index (χ0v) is 21.7. The standard InChI is InChI=1S/C25H33ClF2N6O2/c1-16(2)32-11-13-33(14-12-32)19-6-4-5-18(26)20(19)29-23(35)34-9-7-24(3,8-10-34)22-30-21(36-31-22)17-15-25(17,27)28/h4-6,16-17H,7-15H2,1-3H3,(H,29,35). The number of urea groups is 1. The number of rotatable bonds is 5. The molecular weight excluding hydrogens is 490 g/mol. The Morgan fingerprint density at radius 3 is 2.44 bits per heavy atom. The van der Waals surface area contributed by atoms with Gasteiger partial charge in [0.05, 0.1) is 16.4 Å². The summed E-state index contributed by atoms with van der Waals surface area (Å²) >= 11 is 6.54. The Hall–Kier alpha value is -2.46. The number of benzene rings is 1. The van der Waals surface area contributed by atoms with Gasteiger partial charge in [-0.2, -0.15) is 4.98 Å². The second kappa shape index (κ2) is 9.45. The van der Waals surface area contributed by atoms with Gasteiger partial charge in [-0.25, -0.2) is 13.6 Å². The van der Waals surface area contributed by atoms with Gasteiger partial charge in [-0.05, 0) is 38.8 Å². The maximum absolute atomic E-state index is 13.4. The fourth-order valence-electron chi connectivity index (χ4n) is 5.10. The molecular formula is C25H33ClF2N6O2. The maximum atomic E-state index is 13.4. The largest absolute Gasteiger partial charge is 0.367 e. The van der Waals surface area contributed by atoms with Crippen molar-refractivity contribution in [2.75, 3.05) is 49.5 Å². The lowest BCUT2D eigenvalue weighted by atomic mass is 9.80. The van der Waals surface area contributed by atoms with Gasteiger partial charge in [0.25, 0.3) is 5.92 Å². The highest BCUT2D eigenvalue weighted by Gasteiger charge is 2.61. The fourth-order valence-corrected chi connectivity index (χ4v) is 5.31. The van der Waals surface area contributed by atoms with Crippen molar-refractivity contribution in [3.8, 4) is 0 Å². The van der Waals surface area contributed by atoms with Crippen LogP contribution in [0.3, 0.4) is 0 Å². The molecule has 0 bridgehead atoms. The Bertz CT molecular complexity index is 1110. The van der Waals surface area contributed by atoms with Crippen LogP contribution < -0.4 is 10.2 Å². The Kier molecular flexibility index (Phi) is 6.61. The van der Waals surface area contributed by atoms with Gasteiger partial charge < -0.3 is 19.6 Å². The first-order chi connectivity index (χ1) is 17.1. The lowest BCUT2D eigenvalue weighted by molar-refractivity contribution is 0.106. The number of likely N-dealkylation sites (tertiary alicyclic amines) is 1. The van der Waals surface area contributed by atoms with Gasteiger partial charge in [0.15, 0.2) is 5.82 Å². The average Bonchev–Trinajstić information content (AvgIpc) is 3.24. The summed E-state index contributed by atoms with van der Waals surface area (Å²) < 4.78 is 31.9. The lowest BCUT2D eigenvalue weighted by Crippen LogP contribution is -2.49. The van der Waals surface area contributed by atoms with Crippen molar-refractivity contribution in [1.82, 2.24) is 19.9 Å². The van der Waals surface area contributed by atoms with Crippen LogP contribution in [0.25, 0.3) is 0 Å². The fraction of sp³-hybridized carbons (Fsp3) is 0.640. The summed E-state index contributed by atoms with van der Waals surface area (Å²) in [5.74, 6) is -3.26. The smallest absolute Gasteiger partial charge is 0.321 e. The van der Waals surface area contributed by atoms with E-state index < -0.39 is 17.3 Å². The van der Waals surface area contributed by atoms with Crippen LogP contribution in [0, 0.1) is 0 Å². The highest BCUT2D eigenvalue weighted by Crippen LogP contribution is 2.55. The lowest BCUT2D eigenvalue weighted by Gasteiger charge is -2.39. The zero-order valence-electron chi connectivity index (χ0n) is 20.9. The third kappa shape index (κ3) is 4.89. The van der Waals surface area contributed by atoms with Gasteiger partial charge in [-0.3, -0.25) is 4.90 Å². The number of carbonyl (C=O) groups is 1. The van der Waals surface area contributed by atoms with Crippen LogP contribution in [0.5, 0.6) is 0 Å². The number of halogens is 3. The maximum Gasteiger partial charge on any atom is 0.321 e. The molecule has 0 radical (unpaired) electrons. The van der Waals surface area contributed by atoms with Crippen molar-refractivity contribution in [2.45, 2.75) is 63.3 Å². The molecule has 11 heteroatoms. The molecule has 2 aliphatic heterocycles. The molecule has 1 aromatic heterocycles. The number of hydrogen-bond acceptors (Lipinski definition) is 6. The number of piperazine rings is 1. The summed E-state index contributed by atoms with van der Waals surface area (Å²) in [5.41, 5.74) is 1.12. The van der Waals surface area contributed by atoms with Gasteiger partial charge in [-0.1, -0.05) is 29.7 Å². The molecule has 36 heavy (non-hydrogen) atoms. The third-order valence-corrected chi connectivity index (χ3v) is 8.18. The van der Waals surface area contributed by atoms with Crippen molar-refractivity contribution < 1.29 is 18.1 Å². The zero-order chi connectivity index (χ0) is 25.7. The molecule has 1 N–H and O–H groups in total. The van der Waals surface area contributed by atoms with E-state index in [1.807, 2.05) is 19.1 Å². The van der Waals surface area contributed by atoms with E-state index in [9.17, 15) is 13.6 Å². The molecule has 1 unspecified atom stereocenters. The van der Waals surface area contributed by atoms with Crippen molar-refractivity contribution in [3.05, 3.63) is 34.9 Å². The van der Waals surface area contributed by atoms with Gasteiger partial charge in [0.1, 0.15) is 5.92 Å². The van der Waals surface area contributed by atoms with E-state index in [1.54, 1.807) is 11.0 Å². The number of amides is 2. The molecule has 0 spiro atoms. The summed E-state index contributed by atoms with van der Waals surface area (Å²) in [6, 6.07) is 5.99. The minimum Gasteiger partial charge on any atom is -0.367 e. The first-order valence-electron chi connectivity index (χ1n) is 12.6. The summed E-state index contributed by atoms with van der Waals surface area (Å²) in [7, 11) is 0. The predicted molar refractivity (Wildman–Crippen MR) is 134 cm³/mol. The average molecular weight is 523 g/mol. The van der Waals surface area contributed by atoms with Gasteiger partial charge in [-0.15, -0.1) is 0 Å². The Morgan fingerprint density at radius 1 is 1.17 bits per heavy atom. The van der Waals surface area contributed by atoms with E-state index in [-0.39, 0.29) is 18.3 Å². The molecule has 1 atom stereocenters. The van der Waals surface area contributed by atoms with E-state index in [4.69, 9.17) is 16.1 Å². The van der Waals surface area contributed by atoms with Crippen LogP contribution in [0.4, 0.5) is 25.0 Å². The molecule has 196 valence electrons. The predicted octanol–water partition coefficient (Wildman–Crippen LogP) is 4.96. The highest BCUT2D eigenvalue weighted by molar-refractivity contribution is 6.34. The van der Waals surface area contributed by atoms with Crippen molar-refractivity contribution in [2.24, 2.45) is 0 Å². The van der Waals surface area contributed by atoms with Crippen LogP contribution in [0.2, 0.25) is 5.02 Å². The molecule has 2 aromatic rings. The van der Waals surface area contributed by atoms with E-state index in [1.165, 1.54) is 0 Å². The number of nitrogens with one attached hydrogen (secondary N) is 1. The summed E-state index contributed by atoms with van der Waals surface area (Å²) in [4.78, 5) is 24.0. The molecule has 2 amide bonds. The monoisotopic (exact) mass is 522 g/mol. The number of nitrogens with zero attached hydrogens (tertiary/aromatic N) is 5.